The minimum absolute atomic E-state index is 0.621. The third-order valence-corrected chi connectivity index (χ3v) is 3.36. The fraction of sp³-hybridized carbons (Fsp3) is 0.250. The van der Waals surface area contributed by atoms with E-state index in [1.54, 1.807) is 0 Å². The van der Waals surface area contributed by atoms with E-state index < -0.39 is 0 Å². The van der Waals surface area contributed by atoms with Crippen molar-refractivity contribution in [3.63, 3.8) is 0 Å². The molecule has 0 spiro atoms. The van der Waals surface area contributed by atoms with Gasteiger partial charge in [0.25, 0.3) is 0 Å². The molecule has 100 valence electrons. The fourth-order valence-electron chi connectivity index (χ4n) is 1.78. The van der Waals surface area contributed by atoms with Gasteiger partial charge < -0.3 is 10.1 Å². The second kappa shape index (κ2) is 6.48. The smallest absolute Gasteiger partial charge is 0.122 e. The number of hydrogen-bond donors (Lipinski definition) is 1. The molecule has 2 aromatic rings. The summed E-state index contributed by atoms with van der Waals surface area (Å²) in [7, 11) is 0. The van der Waals surface area contributed by atoms with Gasteiger partial charge in [-0.25, -0.2) is 0 Å². The highest BCUT2D eigenvalue weighted by Crippen LogP contribution is 2.20. The van der Waals surface area contributed by atoms with Crippen LogP contribution in [0, 0.1) is 13.8 Å². The minimum Gasteiger partial charge on any atom is -0.491 e. The summed E-state index contributed by atoms with van der Waals surface area (Å²) in [4.78, 5) is 0. The molecule has 0 aliphatic carbocycles. The van der Waals surface area contributed by atoms with Crippen molar-refractivity contribution in [2.24, 2.45) is 0 Å². The van der Waals surface area contributed by atoms with E-state index in [1.807, 2.05) is 56.3 Å². The van der Waals surface area contributed by atoms with Gasteiger partial charge in [-0.1, -0.05) is 35.9 Å². The molecular weight excluding hydrogens is 258 g/mol. The Labute approximate surface area is 119 Å². The topological polar surface area (TPSA) is 21.3 Å². The van der Waals surface area contributed by atoms with Crippen LogP contribution < -0.4 is 10.1 Å². The molecule has 0 radical (unpaired) electrons. The van der Waals surface area contributed by atoms with Crippen LogP contribution in [0.4, 0.5) is 5.69 Å². The number of ether oxygens (including phenoxy) is 1. The Morgan fingerprint density at radius 2 is 1.84 bits per heavy atom. The molecule has 0 saturated carbocycles. The summed E-state index contributed by atoms with van der Waals surface area (Å²) in [6.07, 6.45) is 0. The predicted octanol–water partition coefficient (Wildman–Crippen LogP) is 4.45. The molecule has 0 bridgehead atoms. The van der Waals surface area contributed by atoms with Crippen molar-refractivity contribution in [3.8, 4) is 5.75 Å². The van der Waals surface area contributed by atoms with Crippen LogP contribution in [-0.2, 0) is 0 Å². The normalized spacial score (nSPS) is 10.3. The van der Waals surface area contributed by atoms with Crippen LogP contribution in [0.15, 0.2) is 42.5 Å². The Kier molecular flexibility index (Phi) is 4.69. The number of para-hydroxylation sites is 1. The van der Waals surface area contributed by atoms with Crippen LogP contribution in [-0.4, -0.2) is 13.2 Å². The first-order valence-corrected chi connectivity index (χ1v) is 6.73. The Hall–Kier alpha value is -1.67. The van der Waals surface area contributed by atoms with Crippen LogP contribution in [0.1, 0.15) is 11.1 Å². The van der Waals surface area contributed by atoms with Crippen molar-refractivity contribution in [1.29, 1.82) is 0 Å². The average molecular weight is 276 g/mol. The van der Waals surface area contributed by atoms with Gasteiger partial charge in [0, 0.05) is 17.3 Å². The molecule has 2 rings (SSSR count). The fourth-order valence-corrected chi connectivity index (χ4v) is 1.96. The van der Waals surface area contributed by atoms with Crippen molar-refractivity contribution in [2.75, 3.05) is 18.5 Å². The lowest BCUT2D eigenvalue weighted by atomic mass is 10.2. The molecule has 1 N–H and O–H groups in total. The van der Waals surface area contributed by atoms with Gasteiger partial charge in [-0.2, -0.15) is 0 Å². The molecule has 0 aromatic heterocycles. The molecule has 0 unspecified atom stereocenters. The van der Waals surface area contributed by atoms with Gasteiger partial charge >= 0.3 is 0 Å². The largest absolute Gasteiger partial charge is 0.491 e. The first-order chi connectivity index (χ1) is 9.16. The molecule has 0 atom stereocenters. The Morgan fingerprint density at radius 3 is 2.58 bits per heavy atom. The zero-order valence-electron chi connectivity index (χ0n) is 11.2. The van der Waals surface area contributed by atoms with Gasteiger partial charge in [0.2, 0.25) is 0 Å². The lowest BCUT2D eigenvalue weighted by molar-refractivity contribution is 0.330. The van der Waals surface area contributed by atoms with Crippen LogP contribution in [0.3, 0.4) is 0 Å². The van der Waals surface area contributed by atoms with E-state index in [-0.39, 0.29) is 0 Å². The first-order valence-electron chi connectivity index (χ1n) is 6.35. The van der Waals surface area contributed by atoms with Gasteiger partial charge in [-0.15, -0.1) is 0 Å². The van der Waals surface area contributed by atoms with E-state index in [9.17, 15) is 0 Å². The molecule has 3 heteroatoms. The number of nitrogens with one attached hydrogen (secondary N) is 1. The number of halogens is 1. The summed E-state index contributed by atoms with van der Waals surface area (Å²) in [5.74, 6) is 0.936. The molecule has 19 heavy (non-hydrogen) atoms. The van der Waals surface area contributed by atoms with Crippen molar-refractivity contribution in [3.05, 3.63) is 58.6 Å². The second-order valence-electron chi connectivity index (χ2n) is 4.50. The minimum atomic E-state index is 0.621. The number of aryl methyl sites for hydroxylation is 2. The molecule has 0 aliphatic rings. The first kappa shape index (κ1) is 13.8. The molecule has 2 aromatic carbocycles. The van der Waals surface area contributed by atoms with Crippen molar-refractivity contribution in [2.45, 2.75) is 13.8 Å². The summed E-state index contributed by atoms with van der Waals surface area (Å²) in [5.41, 5.74) is 3.26. The monoisotopic (exact) mass is 275 g/mol. The van der Waals surface area contributed by atoms with Gasteiger partial charge in [0.05, 0.1) is 0 Å². The highest BCUT2D eigenvalue weighted by atomic mass is 35.5. The Morgan fingerprint density at radius 1 is 1.05 bits per heavy atom. The number of hydrogen-bond acceptors (Lipinski definition) is 2. The number of anilines is 1. The summed E-state index contributed by atoms with van der Waals surface area (Å²) in [5, 5.41) is 4.08. The van der Waals surface area contributed by atoms with E-state index in [0.717, 1.165) is 34.1 Å². The van der Waals surface area contributed by atoms with Gasteiger partial charge in [0.1, 0.15) is 12.4 Å². The zero-order valence-corrected chi connectivity index (χ0v) is 12.0. The highest BCUT2D eigenvalue weighted by Gasteiger charge is 1.99. The SMILES string of the molecule is Cc1ccc(NCCOc2ccccc2C)cc1Cl. The third kappa shape index (κ3) is 3.90. The Bertz CT molecular complexity index is 554. The van der Waals surface area contributed by atoms with Crippen molar-refractivity contribution < 1.29 is 4.74 Å². The summed E-state index contributed by atoms with van der Waals surface area (Å²) < 4.78 is 5.72. The summed E-state index contributed by atoms with van der Waals surface area (Å²) in [6.45, 7) is 5.40. The third-order valence-electron chi connectivity index (χ3n) is 2.95. The molecule has 2 nitrogen and oxygen atoms in total. The lowest BCUT2D eigenvalue weighted by Crippen LogP contribution is -2.11. The molecule has 0 fully saturated rings. The van der Waals surface area contributed by atoms with E-state index in [1.165, 1.54) is 0 Å². The van der Waals surface area contributed by atoms with E-state index in [4.69, 9.17) is 16.3 Å². The van der Waals surface area contributed by atoms with Crippen molar-refractivity contribution in [1.82, 2.24) is 0 Å². The number of rotatable bonds is 5. The van der Waals surface area contributed by atoms with Gasteiger partial charge in [-0.3, -0.25) is 0 Å². The molecule has 0 aliphatic heterocycles. The zero-order chi connectivity index (χ0) is 13.7. The number of benzene rings is 2. The molecule has 0 heterocycles. The van der Waals surface area contributed by atoms with E-state index in [2.05, 4.69) is 5.32 Å². The highest BCUT2D eigenvalue weighted by molar-refractivity contribution is 6.31. The lowest BCUT2D eigenvalue weighted by Gasteiger charge is -2.11. The van der Waals surface area contributed by atoms with Crippen LogP contribution in [0.2, 0.25) is 5.02 Å². The summed E-state index contributed by atoms with van der Waals surface area (Å²) in [6, 6.07) is 14.0. The standard InChI is InChI=1S/C16H18ClNO/c1-12-7-8-14(11-15(12)17)18-9-10-19-16-6-4-3-5-13(16)2/h3-8,11,18H,9-10H2,1-2H3. The van der Waals surface area contributed by atoms with Gasteiger partial charge in [-0.05, 0) is 43.2 Å². The maximum Gasteiger partial charge on any atom is 0.122 e. The predicted molar refractivity (Wildman–Crippen MR) is 81.4 cm³/mol. The molecule has 0 saturated heterocycles. The van der Waals surface area contributed by atoms with Gasteiger partial charge in [0.15, 0.2) is 0 Å². The van der Waals surface area contributed by atoms with Crippen LogP contribution in [0.25, 0.3) is 0 Å². The molecular formula is C16H18ClNO. The van der Waals surface area contributed by atoms with E-state index in [0.29, 0.717) is 6.61 Å². The summed E-state index contributed by atoms with van der Waals surface area (Å²) >= 11 is 6.07. The van der Waals surface area contributed by atoms with Crippen molar-refractivity contribution >= 4 is 17.3 Å². The maximum absolute atomic E-state index is 6.07. The Balaban J connectivity index is 1.81. The van der Waals surface area contributed by atoms with Crippen LogP contribution >= 0.6 is 11.6 Å². The maximum atomic E-state index is 6.07. The second-order valence-corrected chi connectivity index (χ2v) is 4.91. The average Bonchev–Trinajstić information content (AvgIpc) is 2.40. The molecule has 0 amide bonds. The quantitative estimate of drug-likeness (QED) is 0.814. The van der Waals surface area contributed by atoms with Crippen LogP contribution in [0.5, 0.6) is 5.75 Å². The van der Waals surface area contributed by atoms with E-state index >= 15 is 0 Å².